The minimum atomic E-state index is -0.105. The van der Waals surface area contributed by atoms with Gasteiger partial charge in [0.05, 0.1) is 6.61 Å². The zero-order chi connectivity index (χ0) is 13.0. The molecule has 100 valence electrons. The summed E-state index contributed by atoms with van der Waals surface area (Å²) in [5.74, 6) is -0.0773. The van der Waals surface area contributed by atoms with Crippen molar-refractivity contribution in [2.45, 2.75) is 52.7 Å². The molecule has 0 aromatic rings. The number of carbonyl (C=O) groups is 1. The number of piperazine rings is 1. The Hall–Kier alpha value is -0.610. The van der Waals surface area contributed by atoms with Crippen molar-refractivity contribution < 1.29 is 9.53 Å². The highest BCUT2D eigenvalue weighted by molar-refractivity contribution is 5.76. The minimum absolute atomic E-state index is 0.0773. The number of esters is 1. The third-order valence-corrected chi connectivity index (χ3v) is 3.41. The van der Waals surface area contributed by atoms with E-state index in [1.54, 1.807) is 0 Å². The number of hydrogen-bond donors (Lipinski definition) is 0. The number of nitrogens with zero attached hydrogens (tertiary/aromatic N) is 2. The molecule has 1 saturated heterocycles. The van der Waals surface area contributed by atoms with Gasteiger partial charge in [-0.1, -0.05) is 0 Å². The third-order valence-electron chi connectivity index (χ3n) is 3.41. The number of rotatable bonds is 4. The van der Waals surface area contributed by atoms with Gasteiger partial charge in [-0.2, -0.15) is 0 Å². The van der Waals surface area contributed by atoms with E-state index in [-0.39, 0.29) is 12.0 Å². The molecule has 1 aliphatic heterocycles. The monoisotopic (exact) mass is 242 g/mol. The Labute approximate surface area is 105 Å². The first-order valence-corrected chi connectivity index (χ1v) is 6.63. The second-order valence-corrected chi connectivity index (χ2v) is 5.19. The van der Waals surface area contributed by atoms with Gasteiger partial charge in [-0.25, -0.2) is 0 Å². The third kappa shape index (κ3) is 3.68. The van der Waals surface area contributed by atoms with E-state index in [2.05, 4.69) is 37.5 Å². The summed E-state index contributed by atoms with van der Waals surface area (Å²) in [6, 6.07) is 0.769. The van der Waals surface area contributed by atoms with Crippen LogP contribution in [-0.4, -0.2) is 60.1 Å². The highest BCUT2D eigenvalue weighted by Gasteiger charge is 2.35. The second kappa shape index (κ2) is 6.36. The molecule has 0 aliphatic carbocycles. The average Bonchev–Trinajstić information content (AvgIpc) is 2.28. The van der Waals surface area contributed by atoms with Crippen LogP contribution in [0.1, 0.15) is 34.6 Å². The standard InChI is InChI=1S/C13H26N2O2/c1-6-17-13(16)12-9-14(10(2)3)7-8-15(12)11(4)5/h10-12H,6-9H2,1-5H3. The first-order chi connectivity index (χ1) is 7.97. The summed E-state index contributed by atoms with van der Waals surface area (Å²) in [6.45, 7) is 13.7. The van der Waals surface area contributed by atoms with Crippen molar-refractivity contribution in [1.29, 1.82) is 0 Å². The van der Waals surface area contributed by atoms with Gasteiger partial charge in [-0.05, 0) is 34.6 Å². The molecule has 1 atom stereocenters. The van der Waals surface area contributed by atoms with Crippen LogP contribution in [0.2, 0.25) is 0 Å². The molecule has 0 amide bonds. The Morgan fingerprint density at radius 1 is 1.24 bits per heavy atom. The molecule has 1 fully saturated rings. The van der Waals surface area contributed by atoms with Gasteiger partial charge in [0.25, 0.3) is 0 Å². The number of hydrogen-bond acceptors (Lipinski definition) is 4. The van der Waals surface area contributed by atoms with Crippen LogP contribution in [-0.2, 0) is 9.53 Å². The molecule has 1 heterocycles. The molecule has 0 aromatic carbocycles. The lowest BCUT2D eigenvalue weighted by Gasteiger charge is -2.43. The molecule has 0 radical (unpaired) electrons. The van der Waals surface area contributed by atoms with Crippen molar-refractivity contribution in [3.05, 3.63) is 0 Å². The maximum atomic E-state index is 12.0. The van der Waals surface area contributed by atoms with E-state index in [1.807, 2.05) is 6.92 Å². The van der Waals surface area contributed by atoms with Crippen LogP contribution in [0.25, 0.3) is 0 Å². The lowest BCUT2D eigenvalue weighted by Crippen LogP contribution is -2.60. The Balaban J connectivity index is 2.72. The molecular formula is C13H26N2O2. The minimum Gasteiger partial charge on any atom is -0.465 e. The maximum absolute atomic E-state index is 12.0. The zero-order valence-electron chi connectivity index (χ0n) is 11.8. The van der Waals surface area contributed by atoms with Gasteiger partial charge in [0, 0.05) is 31.7 Å². The number of ether oxygens (including phenoxy) is 1. The summed E-state index contributed by atoms with van der Waals surface area (Å²) >= 11 is 0. The molecule has 0 spiro atoms. The van der Waals surface area contributed by atoms with Crippen molar-refractivity contribution in [1.82, 2.24) is 9.80 Å². The van der Waals surface area contributed by atoms with Crippen molar-refractivity contribution in [2.75, 3.05) is 26.2 Å². The van der Waals surface area contributed by atoms with E-state index in [1.165, 1.54) is 0 Å². The Morgan fingerprint density at radius 3 is 2.35 bits per heavy atom. The lowest BCUT2D eigenvalue weighted by atomic mass is 10.1. The SMILES string of the molecule is CCOC(=O)C1CN(C(C)C)CCN1C(C)C. The average molecular weight is 242 g/mol. The first kappa shape index (κ1) is 14.5. The molecule has 1 rings (SSSR count). The molecular weight excluding hydrogens is 216 g/mol. The van der Waals surface area contributed by atoms with Crippen LogP contribution >= 0.6 is 0 Å². The smallest absolute Gasteiger partial charge is 0.324 e. The van der Waals surface area contributed by atoms with Crippen LogP contribution in [0.4, 0.5) is 0 Å². The van der Waals surface area contributed by atoms with Crippen molar-refractivity contribution >= 4 is 5.97 Å². The Kier molecular flexibility index (Phi) is 5.40. The summed E-state index contributed by atoms with van der Waals surface area (Å²) in [7, 11) is 0. The Morgan fingerprint density at radius 2 is 1.88 bits per heavy atom. The van der Waals surface area contributed by atoms with Crippen LogP contribution in [0, 0.1) is 0 Å². The van der Waals surface area contributed by atoms with Gasteiger partial charge in [0.2, 0.25) is 0 Å². The molecule has 0 N–H and O–H groups in total. The molecule has 17 heavy (non-hydrogen) atoms. The lowest BCUT2D eigenvalue weighted by molar-refractivity contribution is -0.153. The predicted octanol–water partition coefficient (Wildman–Crippen LogP) is 1.35. The van der Waals surface area contributed by atoms with Crippen LogP contribution in [0.15, 0.2) is 0 Å². The topological polar surface area (TPSA) is 32.8 Å². The van der Waals surface area contributed by atoms with Gasteiger partial charge < -0.3 is 4.74 Å². The largest absolute Gasteiger partial charge is 0.465 e. The van der Waals surface area contributed by atoms with E-state index < -0.39 is 0 Å². The fourth-order valence-corrected chi connectivity index (χ4v) is 2.35. The van der Waals surface area contributed by atoms with Crippen molar-refractivity contribution in [3.8, 4) is 0 Å². The fraction of sp³-hybridized carbons (Fsp3) is 0.923. The highest BCUT2D eigenvalue weighted by Crippen LogP contribution is 2.16. The predicted molar refractivity (Wildman–Crippen MR) is 69.0 cm³/mol. The fourth-order valence-electron chi connectivity index (χ4n) is 2.35. The molecule has 1 unspecified atom stereocenters. The van der Waals surface area contributed by atoms with Crippen molar-refractivity contribution in [2.24, 2.45) is 0 Å². The van der Waals surface area contributed by atoms with Gasteiger partial charge in [-0.15, -0.1) is 0 Å². The Bertz CT molecular complexity index is 254. The quantitative estimate of drug-likeness (QED) is 0.697. The van der Waals surface area contributed by atoms with E-state index in [0.717, 1.165) is 19.6 Å². The summed E-state index contributed by atoms with van der Waals surface area (Å²) in [5.41, 5.74) is 0. The normalized spacial score (nSPS) is 23.4. The van der Waals surface area contributed by atoms with E-state index >= 15 is 0 Å². The van der Waals surface area contributed by atoms with Crippen molar-refractivity contribution in [3.63, 3.8) is 0 Å². The maximum Gasteiger partial charge on any atom is 0.324 e. The molecule has 4 heteroatoms. The molecule has 4 nitrogen and oxygen atoms in total. The summed E-state index contributed by atoms with van der Waals surface area (Å²) in [6.07, 6.45) is 0. The van der Waals surface area contributed by atoms with Gasteiger partial charge in [-0.3, -0.25) is 14.6 Å². The van der Waals surface area contributed by atoms with E-state index in [4.69, 9.17) is 4.74 Å². The van der Waals surface area contributed by atoms with Crippen LogP contribution in [0.5, 0.6) is 0 Å². The van der Waals surface area contributed by atoms with Gasteiger partial charge in [0.15, 0.2) is 0 Å². The van der Waals surface area contributed by atoms with Crippen LogP contribution in [0.3, 0.4) is 0 Å². The summed E-state index contributed by atoms with van der Waals surface area (Å²) in [4.78, 5) is 16.6. The highest BCUT2D eigenvalue weighted by atomic mass is 16.5. The first-order valence-electron chi connectivity index (χ1n) is 6.63. The van der Waals surface area contributed by atoms with E-state index in [0.29, 0.717) is 18.7 Å². The zero-order valence-corrected chi connectivity index (χ0v) is 11.8. The summed E-state index contributed by atoms with van der Waals surface area (Å²) < 4.78 is 5.18. The molecule has 0 bridgehead atoms. The summed E-state index contributed by atoms with van der Waals surface area (Å²) in [5, 5.41) is 0. The molecule has 1 aliphatic rings. The van der Waals surface area contributed by atoms with Gasteiger partial charge >= 0.3 is 5.97 Å². The number of carbonyl (C=O) groups excluding carboxylic acids is 1. The molecule has 0 aromatic heterocycles. The second-order valence-electron chi connectivity index (χ2n) is 5.19. The van der Waals surface area contributed by atoms with E-state index in [9.17, 15) is 4.79 Å². The van der Waals surface area contributed by atoms with Crippen LogP contribution < -0.4 is 0 Å². The molecule has 0 saturated carbocycles. The van der Waals surface area contributed by atoms with Gasteiger partial charge in [0.1, 0.15) is 6.04 Å².